The third kappa shape index (κ3) is 3.72. The topological polar surface area (TPSA) is 40.7 Å². The van der Waals surface area contributed by atoms with Crippen molar-refractivity contribution in [2.45, 2.75) is 32.9 Å². The quantitative estimate of drug-likeness (QED) is 0.759. The van der Waals surface area contributed by atoms with E-state index in [1.807, 2.05) is 11.8 Å². The average Bonchev–Trinajstić information content (AvgIpc) is 2.58. The molecule has 0 spiro atoms. The molecule has 80 valence electrons. The first kappa shape index (κ1) is 11.6. The second kappa shape index (κ2) is 6.09. The molecular weight excluding hydrogens is 194 g/mol. The van der Waals surface area contributed by atoms with Gasteiger partial charge in [-0.3, -0.25) is 0 Å². The van der Waals surface area contributed by atoms with Crippen LogP contribution in [-0.2, 0) is 6.54 Å². The number of H-pyrrole nitrogens is 1. The minimum atomic E-state index is 0.568. The molecule has 0 aliphatic carbocycles. The molecule has 1 aromatic rings. The lowest BCUT2D eigenvalue weighted by Gasteiger charge is -2.12. The predicted octanol–water partition coefficient (Wildman–Crippen LogP) is 1.95. The first-order valence-electron chi connectivity index (χ1n) is 4.95. The van der Waals surface area contributed by atoms with E-state index in [0.717, 1.165) is 17.9 Å². The van der Waals surface area contributed by atoms with E-state index in [4.69, 9.17) is 0 Å². The van der Waals surface area contributed by atoms with Crippen molar-refractivity contribution >= 4 is 11.8 Å². The van der Waals surface area contributed by atoms with Crippen LogP contribution in [-0.4, -0.2) is 28.0 Å². The molecule has 0 aliphatic heterocycles. The van der Waals surface area contributed by atoms with Crippen LogP contribution >= 0.6 is 11.8 Å². The van der Waals surface area contributed by atoms with Gasteiger partial charge in [-0.2, -0.15) is 11.8 Å². The Morgan fingerprint density at radius 2 is 2.43 bits per heavy atom. The van der Waals surface area contributed by atoms with E-state index in [-0.39, 0.29) is 0 Å². The standard InChI is InChI=1S/C10H19N3S/c1-8(4-5-14-3)11-6-10-9(2)12-7-13-10/h7-8,11H,4-6H2,1-3H3,(H,12,13). The normalized spacial score (nSPS) is 13.1. The number of imidazole rings is 1. The molecule has 0 bridgehead atoms. The molecule has 0 saturated heterocycles. The second-order valence-electron chi connectivity index (χ2n) is 3.54. The third-order valence-electron chi connectivity index (χ3n) is 2.31. The maximum Gasteiger partial charge on any atom is 0.0925 e. The maximum atomic E-state index is 4.24. The summed E-state index contributed by atoms with van der Waals surface area (Å²) in [6.45, 7) is 5.14. The van der Waals surface area contributed by atoms with Gasteiger partial charge < -0.3 is 10.3 Å². The number of rotatable bonds is 6. The number of nitrogens with one attached hydrogen (secondary N) is 2. The highest BCUT2D eigenvalue weighted by atomic mass is 32.2. The molecule has 0 saturated carbocycles. The number of hydrogen-bond acceptors (Lipinski definition) is 3. The van der Waals surface area contributed by atoms with Gasteiger partial charge in [-0.15, -0.1) is 0 Å². The Morgan fingerprint density at radius 1 is 1.64 bits per heavy atom. The molecule has 0 aromatic carbocycles. The van der Waals surface area contributed by atoms with Crippen LogP contribution < -0.4 is 5.32 Å². The summed E-state index contributed by atoms with van der Waals surface area (Å²) in [5.74, 6) is 1.22. The Kier molecular flexibility index (Phi) is 5.04. The van der Waals surface area contributed by atoms with Gasteiger partial charge in [0.2, 0.25) is 0 Å². The lowest BCUT2D eigenvalue weighted by Crippen LogP contribution is -2.26. The van der Waals surface area contributed by atoms with Gasteiger partial charge >= 0.3 is 0 Å². The molecule has 14 heavy (non-hydrogen) atoms. The zero-order chi connectivity index (χ0) is 10.4. The number of aromatic amines is 1. The highest BCUT2D eigenvalue weighted by Gasteiger charge is 2.03. The molecule has 1 unspecified atom stereocenters. The summed E-state index contributed by atoms with van der Waals surface area (Å²) in [6, 6.07) is 0.568. The monoisotopic (exact) mass is 213 g/mol. The minimum Gasteiger partial charge on any atom is -0.348 e. The lowest BCUT2D eigenvalue weighted by atomic mass is 10.2. The van der Waals surface area contributed by atoms with Crippen molar-refractivity contribution in [3.05, 3.63) is 17.7 Å². The van der Waals surface area contributed by atoms with Crippen LogP contribution in [0.4, 0.5) is 0 Å². The molecule has 0 amide bonds. The third-order valence-corrected chi connectivity index (χ3v) is 2.95. The van der Waals surface area contributed by atoms with Gasteiger partial charge in [-0.1, -0.05) is 0 Å². The van der Waals surface area contributed by atoms with Crippen molar-refractivity contribution in [1.82, 2.24) is 15.3 Å². The summed E-state index contributed by atoms with van der Waals surface area (Å²) in [5, 5.41) is 3.46. The number of aromatic nitrogens is 2. The van der Waals surface area contributed by atoms with Crippen molar-refractivity contribution in [3.63, 3.8) is 0 Å². The van der Waals surface area contributed by atoms with Crippen LogP contribution in [0.15, 0.2) is 6.33 Å². The number of nitrogens with zero attached hydrogens (tertiary/aromatic N) is 1. The van der Waals surface area contributed by atoms with E-state index >= 15 is 0 Å². The van der Waals surface area contributed by atoms with E-state index in [2.05, 4.69) is 35.4 Å². The molecule has 2 N–H and O–H groups in total. The summed E-state index contributed by atoms with van der Waals surface area (Å²) >= 11 is 1.89. The van der Waals surface area contributed by atoms with Crippen molar-refractivity contribution in [2.75, 3.05) is 12.0 Å². The Bertz CT molecular complexity index is 260. The summed E-state index contributed by atoms with van der Waals surface area (Å²) in [4.78, 5) is 7.33. The fraction of sp³-hybridized carbons (Fsp3) is 0.700. The SMILES string of the molecule is CSCCC(C)NCc1nc[nH]c1C. The molecule has 4 heteroatoms. The van der Waals surface area contributed by atoms with Crippen LogP contribution in [0.2, 0.25) is 0 Å². The Morgan fingerprint density at radius 3 is 3.00 bits per heavy atom. The molecule has 3 nitrogen and oxygen atoms in total. The molecule has 1 heterocycles. The fourth-order valence-electron chi connectivity index (χ4n) is 1.23. The van der Waals surface area contributed by atoms with Crippen molar-refractivity contribution in [3.8, 4) is 0 Å². The van der Waals surface area contributed by atoms with Gasteiger partial charge in [0.1, 0.15) is 0 Å². The lowest BCUT2D eigenvalue weighted by molar-refractivity contribution is 0.532. The molecule has 0 radical (unpaired) electrons. The van der Waals surface area contributed by atoms with Gasteiger partial charge in [-0.05, 0) is 32.3 Å². The second-order valence-corrected chi connectivity index (χ2v) is 4.52. The summed E-state index contributed by atoms with van der Waals surface area (Å²) in [6.07, 6.45) is 5.11. The first-order chi connectivity index (χ1) is 6.74. The number of hydrogen-bond donors (Lipinski definition) is 2. The summed E-state index contributed by atoms with van der Waals surface area (Å²) < 4.78 is 0. The average molecular weight is 213 g/mol. The van der Waals surface area contributed by atoms with Crippen LogP contribution in [0.25, 0.3) is 0 Å². The van der Waals surface area contributed by atoms with Crippen LogP contribution in [0.5, 0.6) is 0 Å². The molecule has 0 fully saturated rings. The number of aryl methyl sites for hydroxylation is 1. The van der Waals surface area contributed by atoms with E-state index in [0.29, 0.717) is 6.04 Å². The van der Waals surface area contributed by atoms with E-state index in [9.17, 15) is 0 Å². The number of thioether (sulfide) groups is 1. The van der Waals surface area contributed by atoms with Gasteiger partial charge in [-0.25, -0.2) is 4.98 Å². The predicted molar refractivity (Wildman–Crippen MR) is 62.6 cm³/mol. The van der Waals surface area contributed by atoms with Crippen molar-refractivity contribution in [1.29, 1.82) is 0 Å². The fourth-order valence-corrected chi connectivity index (χ4v) is 1.82. The Labute approximate surface area is 90.1 Å². The molecule has 0 aliphatic rings. The van der Waals surface area contributed by atoms with Gasteiger partial charge in [0.05, 0.1) is 12.0 Å². The highest BCUT2D eigenvalue weighted by Crippen LogP contribution is 2.03. The smallest absolute Gasteiger partial charge is 0.0925 e. The molecule has 1 rings (SSSR count). The van der Waals surface area contributed by atoms with E-state index in [1.54, 1.807) is 6.33 Å². The summed E-state index contributed by atoms with van der Waals surface area (Å²) in [5.41, 5.74) is 2.29. The largest absolute Gasteiger partial charge is 0.348 e. The zero-order valence-electron chi connectivity index (χ0n) is 9.13. The van der Waals surface area contributed by atoms with Gasteiger partial charge in [0, 0.05) is 18.3 Å². The molecular formula is C10H19N3S. The Hall–Kier alpha value is -0.480. The Balaban J connectivity index is 2.23. The molecule has 1 aromatic heterocycles. The van der Waals surface area contributed by atoms with Crippen LogP contribution in [0.1, 0.15) is 24.7 Å². The highest BCUT2D eigenvalue weighted by molar-refractivity contribution is 7.98. The van der Waals surface area contributed by atoms with Crippen molar-refractivity contribution in [2.24, 2.45) is 0 Å². The van der Waals surface area contributed by atoms with Crippen LogP contribution in [0.3, 0.4) is 0 Å². The van der Waals surface area contributed by atoms with E-state index in [1.165, 1.54) is 12.2 Å². The van der Waals surface area contributed by atoms with Crippen LogP contribution in [0, 0.1) is 6.92 Å². The zero-order valence-corrected chi connectivity index (χ0v) is 9.95. The maximum absolute atomic E-state index is 4.24. The minimum absolute atomic E-state index is 0.568. The van der Waals surface area contributed by atoms with Gasteiger partial charge in [0.15, 0.2) is 0 Å². The van der Waals surface area contributed by atoms with E-state index < -0.39 is 0 Å². The molecule has 1 atom stereocenters. The summed E-state index contributed by atoms with van der Waals surface area (Å²) in [7, 11) is 0. The van der Waals surface area contributed by atoms with Crippen molar-refractivity contribution < 1.29 is 0 Å². The van der Waals surface area contributed by atoms with Gasteiger partial charge in [0.25, 0.3) is 0 Å². The first-order valence-corrected chi connectivity index (χ1v) is 6.34.